The molecule has 5 nitrogen and oxygen atoms in total. The molecule has 2 heterocycles. The van der Waals surface area contributed by atoms with Gasteiger partial charge in [-0.25, -0.2) is 0 Å². The van der Waals surface area contributed by atoms with Gasteiger partial charge in [0.25, 0.3) is 5.91 Å². The van der Waals surface area contributed by atoms with Crippen molar-refractivity contribution < 1.29 is 14.3 Å². The lowest BCUT2D eigenvalue weighted by Gasteiger charge is -2.29. The number of hydrogen-bond donors (Lipinski definition) is 0. The molecule has 0 bridgehead atoms. The van der Waals surface area contributed by atoms with Crippen molar-refractivity contribution in [1.29, 1.82) is 0 Å². The minimum absolute atomic E-state index is 0.00255. The molecular formula is C22H23ClN2O3. The summed E-state index contributed by atoms with van der Waals surface area (Å²) in [6, 6.07) is 15.2. The minimum atomic E-state index is -0.0741. The van der Waals surface area contributed by atoms with Gasteiger partial charge in [-0.3, -0.25) is 9.59 Å². The molecule has 6 heteroatoms. The van der Waals surface area contributed by atoms with Gasteiger partial charge in [-0.1, -0.05) is 41.9 Å². The number of methoxy groups -OCH3 is 1. The Hall–Kier alpha value is -2.53. The Morgan fingerprint density at radius 1 is 1.07 bits per heavy atom. The van der Waals surface area contributed by atoms with Gasteiger partial charge in [0.05, 0.1) is 18.7 Å². The van der Waals surface area contributed by atoms with Crippen molar-refractivity contribution in [3.8, 4) is 5.75 Å². The molecule has 2 aromatic carbocycles. The number of amides is 2. The van der Waals surface area contributed by atoms with Crippen molar-refractivity contribution in [1.82, 2.24) is 9.80 Å². The number of fused-ring (bicyclic) bond motifs is 1. The molecule has 4 rings (SSSR count). The van der Waals surface area contributed by atoms with Gasteiger partial charge in [0.1, 0.15) is 5.75 Å². The molecular weight excluding hydrogens is 376 g/mol. The summed E-state index contributed by atoms with van der Waals surface area (Å²) < 4.78 is 5.35. The van der Waals surface area contributed by atoms with Crippen molar-refractivity contribution in [3.63, 3.8) is 0 Å². The Kier molecular flexibility index (Phi) is 5.02. The smallest absolute Gasteiger partial charge is 0.257 e. The highest BCUT2D eigenvalue weighted by atomic mass is 35.5. The third kappa shape index (κ3) is 3.24. The summed E-state index contributed by atoms with van der Waals surface area (Å²) >= 11 is 6.11. The van der Waals surface area contributed by atoms with Crippen LogP contribution in [0.4, 0.5) is 0 Å². The van der Waals surface area contributed by atoms with Gasteiger partial charge < -0.3 is 14.5 Å². The molecule has 2 aliphatic rings. The van der Waals surface area contributed by atoms with Crippen molar-refractivity contribution in [2.45, 2.75) is 13.0 Å². The van der Waals surface area contributed by atoms with Gasteiger partial charge in [0.15, 0.2) is 0 Å². The first-order valence-electron chi connectivity index (χ1n) is 9.44. The molecule has 0 saturated carbocycles. The monoisotopic (exact) mass is 398 g/mol. The summed E-state index contributed by atoms with van der Waals surface area (Å²) in [5.74, 6) is 1.02. The predicted octanol–water partition coefficient (Wildman–Crippen LogP) is 3.64. The van der Waals surface area contributed by atoms with Crippen LogP contribution < -0.4 is 4.74 Å². The fourth-order valence-electron chi connectivity index (χ4n) is 4.63. The number of carbonyl (C=O) groups excluding carboxylic acids is 2. The van der Waals surface area contributed by atoms with E-state index in [2.05, 4.69) is 12.1 Å². The highest BCUT2D eigenvalue weighted by molar-refractivity contribution is 6.31. The first-order valence-corrected chi connectivity index (χ1v) is 9.82. The van der Waals surface area contributed by atoms with Crippen molar-refractivity contribution >= 4 is 23.4 Å². The third-order valence-electron chi connectivity index (χ3n) is 5.89. The lowest BCUT2D eigenvalue weighted by atomic mass is 9.89. The zero-order valence-corrected chi connectivity index (χ0v) is 16.7. The van der Waals surface area contributed by atoms with Crippen LogP contribution in [0.5, 0.6) is 5.75 Å². The summed E-state index contributed by atoms with van der Waals surface area (Å²) in [7, 11) is 1.55. The van der Waals surface area contributed by atoms with E-state index in [0.29, 0.717) is 36.0 Å². The number of carbonyl (C=O) groups is 2. The Bertz CT molecular complexity index is 902. The summed E-state index contributed by atoms with van der Waals surface area (Å²) in [5.41, 5.74) is 1.61. The first-order chi connectivity index (χ1) is 13.5. The van der Waals surface area contributed by atoms with Crippen LogP contribution in [0, 0.1) is 11.8 Å². The number of rotatable bonds is 3. The zero-order chi connectivity index (χ0) is 19.8. The van der Waals surface area contributed by atoms with Crippen molar-refractivity contribution in [3.05, 3.63) is 64.7 Å². The number of nitrogens with zero attached hydrogens (tertiary/aromatic N) is 2. The van der Waals surface area contributed by atoms with E-state index in [-0.39, 0.29) is 29.7 Å². The minimum Gasteiger partial charge on any atom is -0.496 e. The van der Waals surface area contributed by atoms with E-state index in [0.717, 1.165) is 5.56 Å². The first kappa shape index (κ1) is 18.8. The van der Waals surface area contributed by atoms with E-state index < -0.39 is 0 Å². The van der Waals surface area contributed by atoms with E-state index in [1.165, 1.54) is 0 Å². The maximum absolute atomic E-state index is 13.2. The van der Waals surface area contributed by atoms with Crippen LogP contribution >= 0.6 is 11.6 Å². The number of hydrogen-bond acceptors (Lipinski definition) is 3. The van der Waals surface area contributed by atoms with Gasteiger partial charge in [-0.2, -0.15) is 0 Å². The van der Waals surface area contributed by atoms with Crippen LogP contribution in [0.3, 0.4) is 0 Å². The molecule has 146 valence electrons. The highest BCUT2D eigenvalue weighted by Gasteiger charge is 2.49. The van der Waals surface area contributed by atoms with Crippen LogP contribution in [0.25, 0.3) is 0 Å². The molecule has 2 fully saturated rings. The Morgan fingerprint density at radius 3 is 2.50 bits per heavy atom. The molecule has 2 aliphatic heterocycles. The second-order valence-electron chi connectivity index (χ2n) is 7.51. The van der Waals surface area contributed by atoms with E-state index in [9.17, 15) is 9.59 Å². The standard InChI is InChI=1S/C22H23ClN2O3/c1-14(26)25-12-16-11-24(13-19(16)21(25)15-6-4-3-5-7-15)22(27)18-10-17(23)8-9-20(18)28-2/h3-10,16,19,21H,11-13H2,1-2H3/t16-,19-,21-/m1/s1. The molecule has 0 aromatic heterocycles. The van der Waals surface area contributed by atoms with Gasteiger partial charge in [0, 0.05) is 43.4 Å². The average molecular weight is 399 g/mol. The van der Waals surface area contributed by atoms with Gasteiger partial charge in [-0.15, -0.1) is 0 Å². The molecule has 2 amide bonds. The van der Waals surface area contributed by atoms with E-state index in [4.69, 9.17) is 16.3 Å². The summed E-state index contributed by atoms with van der Waals surface area (Å²) in [4.78, 5) is 29.2. The number of halogens is 1. The Labute approximate surface area is 169 Å². The topological polar surface area (TPSA) is 49.9 Å². The fourth-order valence-corrected chi connectivity index (χ4v) is 4.80. The SMILES string of the molecule is COc1ccc(Cl)cc1C(=O)N1C[C@@H]2CN(C(C)=O)[C@H](c3ccccc3)[C@@H]2C1. The molecule has 28 heavy (non-hydrogen) atoms. The molecule has 3 atom stereocenters. The fraction of sp³-hybridized carbons (Fsp3) is 0.364. The van der Waals surface area contributed by atoms with Crippen LogP contribution in [-0.4, -0.2) is 48.4 Å². The van der Waals surface area contributed by atoms with Crippen LogP contribution in [0.2, 0.25) is 5.02 Å². The number of ether oxygens (including phenoxy) is 1. The molecule has 0 unspecified atom stereocenters. The van der Waals surface area contributed by atoms with Gasteiger partial charge >= 0.3 is 0 Å². The molecule has 0 spiro atoms. The van der Waals surface area contributed by atoms with Crippen LogP contribution in [0.1, 0.15) is 28.9 Å². The summed E-state index contributed by atoms with van der Waals surface area (Å²) in [6.07, 6.45) is 0. The summed E-state index contributed by atoms with van der Waals surface area (Å²) in [5, 5.41) is 0.508. The maximum atomic E-state index is 13.2. The molecule has 0 N–H and O–H groups in total. The molecule has 2 saturated heterocycles. The molecule has 2 aromatic rings. The lowest BCUT2D eigenvalue weighted by Crippen LogP contribution is -2.36. The summed E-state index contributed by atoms with van der Waals surface area (Å²) in [6.45, 7) is 3.54. The third-order valence-corrected chi connectivity index (χ3v) is 6.12. The van der Waals surface area contributed by atoms with Crippen molar-refractivity contribution in [2.75, 3.05) is 26.7 Å². The second kappa shape index (κ2) is 7.47. The Balaban J connectivity index is 1.61. The quantitative estimate of drug-likeness (QED) is 0.793. The van der Waals surface area contributed by atoms with E-state index in [1.54, 1.807) is 32.2 Å². The van der Waals surface area contributed by atoms with Gasteiger partial charge in [0.2, 0.25) is 5.91 Å². The zero-order valence-electron chi connectivity index (χ0n) is 16.0. The maximum Gasteiger partial charge on any atom is 0.257 e. The Morgan fingerprint density at radius 2 is 1.82 bits per heavy atom. The molecule has 0 radical (unpaired) electrons. The second-order valence-corrected chi connectivity index (χ2v) is 7.94. The predicted molar refractivity (Wildman–Crippen MR) is 107 cm³/mol. The number of likely N-dealkylation sites (tertiary alicyclic amines) is 2. The average Bonchev–Trinajstić information content (AvgIpc) is 3.26. The lowest BCUT2D eigenvalue weighted by molar-refractivity contribution is -0.130. The highest BCUT2D eigenvalue weighted by Crippen LogP contribution is 2.45. The molecule has 0 aliphatic carbocycles. The van der Waals surface area contributed by atoms with E-state index >= 15 is 0 Å². The van der Waals surface area contributed by atoms with Gasteiger partial charge in [-0.05, 0) is 23.8 Å². The van der Waals surface area contributed by atoms with E-state index in [1.807, 2.05) is 28.0 Å². The largest absolute Gasteiger partial charge is 0.496 e. The van der Waals surface area contributed by atoms with Crippen molar-refractivity contribution in [2.24, 2.45) is 11.8 Å². The van der Waals surface area contributed by atoms with Crippen LogP contribution in [0.15, 0.2) is 48.5 Å². The number of benzene rings is 2. The van der Waals surface area contributed by atoms with Crippen LogP contribution in [-0.2, 0) is 4.79 Å². The normalized spacial score (nSPS) is 23.6.